The number of H-pyrrole nitrogens is 1. The van der Waals surface area contributed by atoms with E-state index < -0.39 is 23.5 Å². The van der Waals surface area contributed by atoms with Gasteiger partial charge in [0.1, 0.15) is 5.82 Å². The Morgan fingerprint density at radius 2 is 1.78 bits per heavy atom. The largest absolute Gasteiger partial charge is 0.481 e. The first kappa shape index (κ1) is 15.0. The van der Waals surface area contributed by atoms with E-state index in [1.165, 1.54) is 18.2 Å². The molecule has 4 nitrogen and oxygen atoms in total. The molecule has 1 aromatic heterocycles. The number of fused-ring (bicyclic) bond motifs is 1. The van der Waals surface area contributed by atoms with Crippen molar-refractivity contribution in [3.8, 4) is 0 Å². The Kier molecular flexibility index (Phi) is 3.93. The van der Waals surface area contributed by atoms with E-state index in [9.17, 15) is 19.1 Å². The summed E-state index contributed by atoms with van der Waals surface area (Å²) < 4.78 is 13.7. The third kappa shape index (κ3) is 2.85. The van der Waals surface area contributed by atoms with Crippen molar-refractivity contribution in [2.45, 2.75) is 12.3 Å². The molecule has 23 heavy (non-hydrogen) atoms. The zero-order chi connectivity index (χ0) is 16.4. The fourth-order valence-electron chi connectivity index (χ4n) is 2.70. The second kappa shape index (κ2) is 6.04. The third-order valence-electron chi connectivity index (χ3n) is 3.86. The summed E-state index contributed by atoms with van der Waals surface area (Å²) in [6.07, 6.45) is 1.30. The van der Waals surface area contributed by atoms with E-state index in [-0.39, 0.29) is 12.0 Å². The highest BCUT2D eigenvalue weighted by molar-refractivity contribution is 6.00. The number of benzene rings is 2. The van der Waals surface area contributed by atoms with Crippen molar-refractivity contribution in [2.75, 3.05) is 0 Å². The Morgan fingerprint density at radius 3 is 2.52 bits per heavy atom. The molecule has 0 bridgehead atoms. The zero-order valence-electron chi connectivity index (χ0n) is 12.1. The number of nitrogens with one attached hydrogen (secondary N) is 1. The summed E-state index contributed by atoms with van der Waals surface area (Å²) in [7, 11) is 0. The first-order valence-electron chi connectivity index (χ1n) is 7.14. The minimum absolute atomic E-state index is 0.0846. The Hall–Kier alpha value is -2.95. The number of carboxylic acids is 1. The molecule has 0 fully saturated rings. The number of rotatable bonds is 5. The highest BCUT2D eigenvalue weighted by Crippen LogP contribution is 2.29. The van der Waals surface area contributed by atoms with Crippen LogP contribution in [0, 0.1) is 5.82 Å². The first-order valence-corrected chi connectivity index (χ1v) is 7.14. The van der Waals surface area contributed by atoms with Gasteiger partial charge < -0.3 is 10.1 Å². The molecular formula is C18H14FNO3. The van der Waals surface area contributed by atoms with Crippen LogP contribution in [-0.2, 0) is 4.79 Å². The van der Waals surface area contributed by atoms with Gasteiger partial charge in [-0.3, -0.25) is 9.59 Å². The summed E-state index contributed by atoms with van der Waals surface area (Å²) in [5.41, 5.74) is 1.24. The molecule has 3 aromatic rings. The molecule has 0 saturated carbocycles. The lowest BCUT2D eigenvalue weighted by molar-refractivity contribution is -0.138. The average molecular weight is 311 g/mol. The molecule has 0 aliphatic carbocycles. The highest BCUT2D eigenvalue weighted by atomic mass is 19.1. The average Bonchev–Trinajstić information content (AvgIpc) is 2.96. The number of hydrogen-bond donors (Lipinski definition) is 2. The molecule has 2 aromatic carbocycles. The molecule has 1 unspecified atom stereocenters. The number of ketones is 1. The van der Waals surface area contributed by atoms with Gasteiger partial charge in [-0.15, -0.1) is 0 Å². The maximum Gasteiger partial charge on any atom is 0.311 e. The van der Waals surface area contributed by atoms with Crippen molar-refractivity contribution in [3.63, 3.8) is 0 Å². The smallest absolute Gasteiger partial charge is 0.311 e. The Balaban J connectivity index is 1.96. The van der Waals surface area contributed by atoms with Gasteiger partial charge in [0.25, 0.3) is 0 Å². The van der Waals surface area contributed by atoms with Gasteiger partial charge in [0.2, 0.25) is 0 Å². The van der Waals surface area contributed by atoms with Crippen molar-refractivity contribution in [1.29, 1.82) is 0 Å². The molecule has 5 heteroatoms. The number of aromatic nitrogens is 1. The molecule has 1 heterocycles. The van der Waals surface area contributed by atoms with Crippen LogP contribution in [-0.4, -0.2) is 21.8 Å². The van der Waals surface area contributed by atoms with Crippen LogP contribution in [0.15, 0.2) is 54.7 Å². The van der Waals surface area contributed by atoms with Crippen LogP contribution in [0.5, 0.6) is 0 Å². The van der Waals surface area contributed by atoms with E-state index in [1.807, 2.05) is 12.1 Å². The fourth-order valence-corrected chi connectivity index (χ4v) is 2.70. The van der Waals surface area contributed by atoms with Crippen LogP contribution in [0.2, 0.25) is 0 Å². The van der Waals surface area contributed by atoms with E-state index >= 15 is 0 Å². The SMILES string of the molecule is O=C(CC(C(=O)O)c1c[nH]c2ccccc12)c1ccccc1F. The summed E-state index contributed by atoms with van der Waals surface area (Å²) in [5.74, 6) is -3.31. The monoisotopic (exact) mass is 311 g/mol. The molecule has 0 aliphatic rings. The van der Waals surface area contributed by atoms with Crippen molar-refractivity contribution in [2.24, 2.45) is 0 Å². The quantitative estimate of drug-likeness (QED) is 0.705. The predicted molar refractivity (Wildman–Crippen MR) is 84.0 cm³/mol. The Labute approximate surface area is 131 Å². The number of para-hydroxylation sites is 1. The highest BCUT2D eigenvalue weighted by Gasteiger charge is 2.27. The van der Waals surface area contributed by atoms with Gasteiger partial charge in [0, 0.05) is 23.5 Å². The van der Waals surface area contributed by atoms with E-state index in [2.05, 4.69) is 4.98 Å². The molecule has 0 saturated heterocycles. The minimum atomic E-state index is -1.11. The lowest BCUT2D eigenvalue weighted by atomic mass is 9.91. The fraction of sp³-hybridized carbons (Fsp3) is 0.111. The Bertz CT molecular complexity index is 885. The second-order valence-corrected chi connectivity index (χ2v) is 5.29. The van der Waals surface area contributed by atoms with E-state index in [1.54, 1.807) is 24.4 Å². The molecular weight excluding hydrogens is 297 g/mol. The summed E-state index contributed by atoms with van der Waals surface area (Å²) in [6, 6.07) is 12.9. The topological polar surface area (TPSA) is 70.2 Å². The number of carbonyl (C=O) groups excluding carboxylic acids is 1. The normalized spacial score (nSPS) is 12.2. The number of carboxylic acid groups (broad SMARTS) is 1. The van der Waals surface area contributed by atoms with Crippen LogP contribution in [0.25, 0.3) is 10.9 Å². The molecule has 116 valence electrons. The number of hydrogen-bond acceptors (Lipinski definition) is 2. The number of Topliss-reactive ketones (excluding diaryl/α,β-unsaturated/α-hetero) is 1. The standard InChI is InChI=1S/C18H14FNO3/c19-15-7-3-1-6-12(15)17(21)9-13(18(22)23)14-10-20-16-8-4-2-5-11(14)16/h1-8,10,13,20H,9H2,(H,22,23). The molecule has 3 rings (SSSR count). The maximum absolute atomic E-state index is 13.7. The van der Waals surface area contributed by atoms with Crippen molar-refractivity contribution >= 4 is 22.7 Å². The maximum atomic E-state index is 13.7. The van der Waals surface area contributed by atoms with Crippen LogP contribution in [0.4, 0.5) is 4.39 Å². The predicted octanol–water partition coefficient (Wildman–Crippen LogP) is 3.75. The molecule has 0 amide bonds. The van der Waals surface area contributed by atoms with Crippen molar-refractivity contribution < 1.29 is 19.1 Å². The lowest BCUT2D eigenvalue weighted by Gasteiger charge is -2.11. The molecule has 0 aliphatic heterocycles. The van der Waals surface area contributed by atoms with E-state index in [0.717, 1.165) is 10.9 Å². The van der Waals surface area contributed by atoms with E-state index in [4.69, 9.17) is 0 Å². The number of carbonyl (C=O) groups is 2. The summed E-state index contributed by atoms with van der Waals surface area (Å²) in [4.78, 5) is 26.9. The van der Waals surface area contributed by atoms with E-state index in [0.29, 0.717) is 5.56 Å². The third-order valence-corrected chi connectivity index (χ3v) is 3.86. The molecule has 0 radical (unpaired) electrons. The Morgan fingerprint density at radius 1 is 1.09 bits per heavy atom. The summed E-state index contributed by atoms with van der Waals surface area (Å²) >= 11 is 0. The molecule has 0 spiro atoms. The van der Waals surface area contributed by atoms with Gasteiger partial charge in [-0.05, 0) is 23.8 Å². The van der Waals surface area contributed by atoms with Crippen molar-refractivity contribution in [1.82, 2.24) is 4.98 Å². The van der Waals surface area contributed by atoms with Gasteiger partial charge in [-0.25, -0.2) is 4.39 Å². The summed E-state index contributed by atoms with van der Waals surface area (Å²) in [6.45, 7) is 0. The van der Waals surface area contributed by atoms with Crippen LogP contribution < -0.4 is 0 Å². The first-order chi connectivity index (χ1) is 11.1. The number of halogens is 1. The van der Waals surface area contributed by atoms with Gasteiger partial charge in [-0.1, -0.05) is 30.3 Å². The van der Waals surface area contributed by atoms with Crippen LogP contribution in [0.1, 0.15) is 28.3 Å². The molecule has 2 N–H and O–H groups in total. The van der Waals surface area contributed by atoms with Gasteiger partial charge >= 0.3 is 5.97 Å². The van der Waals surface area contributed by atoms with Gasteiger partial charge in [0.15, 0.2) is 5.78 Å². The number of aromatic amines is 1. The summed E-state index contributed by atoms with van der Waals surface area (Å²) in [5, 5.41) is 10.3. The molecule has 1 atom stereocenters. The van der Waals surface area contributed by atoms with Gasteiger partial charge in [-0.2, -0.15) is 0 Å². The lowest BCUT2D eigenvalue weighted by Crippen LogP contribution is -2.16. The van der Waals surface area contributed by atoms with Crippen molar-refractivity contribution in [3.05, 3.63) is 71.7 Å². The van der Waals surface area contributed by atoms with Crippen LogP contribution in [0.3, 0.4) is 0 Å². The number of aliphatic carboxylic acids is 1. The second-order valence-electron chi connectivity index (χ2n) is 5.29. The van der Waals surface area contributed by atoms with Gasteiger partial charge in [0.05, 0.1) is 11.5 Å². The van der Waals surface area contributed by atoms with Crippen LogP contribution >= 0.6 is 0 Å². The zero-order valence-corrected chi connectivity index (χ0v) is 12.1. The minimum Gasteiger partial charge on any atom is -0.481 e.